The van der Waals surface area contributed by atoms with Crippen LogP contribution in [0, 0.1) is 5.82 Å². The van der Waals surface area contributed by atoms with Crippen molar-refractivity contribution in [2.24, 2.45) is 0 Å². The minimum absolute atomic E-state index is 0.275. The summed E-state index contributed by atoms with van der Waals surface area (Å²) in [6.07, 6.45) is 1.04. The minimum Gasteiger partial charge on any atom is -0.489 e. The van der Waals surface area contributed by atoms with E-state index in [1.165, 1.54) is 12.1 Å². The van der Waals surface area contributed by atoms with Gasteiger partial charge in [0.15, 0.2) is 0 Å². The van der Waals surface area contributed by atoms with Gasteiger partial charge in [-0.15, -0.1) is 0 Å². The summed E-state index contributed by atoms with van der Waals surface area (Å²) in [5.41, 5.74) is 1.72. The van der Waals surface area contributed by atoms with Gasteiger partial charge in [-0.3, -0.25) is 0 Å². The van der Waals surface area contributed by atoms with Crippen LogP contribution in [-0.4, -0.2) is 6.04 Å². The Hall–Kier alpha value is -1.29. The van der Waals surface area contributed by atoms with Crippen molar-refractivity contribution in [3.05, 3.63) is 63.4 Å². The Balaban J connectivity index is 2.09. The van der Waals surface area contributed by atoms with Crippen molar-refractivity contribution in [3.8, 4) is 5.75 Å². The molecule has 2 aromatic rings. The molecule has 0 aliphatic carbocycles. The van der Waals surface area contributed by atoms with Crippen molar-refractivity contribution in [1.82, 2.24) is 5.32 Å². The molecule has 0 bridgehead atoms. The van der Waals surface area contributed by atoms with Crippen molar-refractivity contribution < 1.29 is 9.13 Å². The van der Waals surface area contributed by atoms with Gasteiger partial charge in [-0.1, -0.05) is 36.2 Å². The maximum Gasteiger partial charge on any atom is 0.124 e. The third-order valence-electron chi connectivity index (χ3n) is 3.67. The van der Waals surface area contributed by atoms with Crippen LogP contribution in [0.25, 0.3) is 0 Å². The third-order valence-corrected chi connectivity index (χ3v) is 4.26. The number of hydrogen-bond donors (Lipinski definition) is 1. The molecule has 1 N–H and O–H groups in total. The Morgan fingerprint density at radius 3 is 2.61 bits per heavy atom. The predicted octanol–water partition coefficient (Wildman–Crippen LogP) is 5.60. The summed E-state index contributed by atoms with van der Waals surface area (Å²) in [5, 5.41) is 4.44. The molecule has 2 rings (SSSR count). The number of halogens is 3. The summed E-state index contributed by atoms with van der Waals surface area (Å²) in [7, 11) is 0. The fourth-order valence-electron chi connectivity index (χ4n) is 2.05. The molecule has 2 nitrogen and oxygen atoms in total. The van der Waals surface area contributed by atoms with Gasteiger partial charge in [0, 0.05) is 28.7 Å². The van der Waals surface area contributed by atoms with Crippen LogP contribution in [0.1, 0.15) is 31.4 Å². The maximum absolute atomic E-state index is 13.1. The Labute approximate surface area is 146 Å². The highest BCUT2D eigenvalue weighted by Gasteiger charge is 2.09. The lowest BCUT2D eigenvalue weighted by Gasteiger charge is -2.16. The zero-order valence-electron chi connectivity index (χ0n) is 13.2. The number of ether oxygens (including phenoxy) is 1. The van der Waals surface area contributed by atoms with E-state index in [-0.39, 0.29) is 12.4 Å². The number of benzene rings is 2. The van der Waals surface area contributed by atoms with E-state index in [0.29, 0.717) is 22.6 Å². The molecule has 0 aliphatic rings. The Morgan fingerprint density at radius 1 is 1.13 bits per heavy atom. The van der Waals surface area contributed by atoms with Crippen molar-refractivity contribution in [1.29, 1.82) is 0 Å². The number of rotatable bonds is 7. The first-order valence-electron chi connectivity index (χ1n) is 7.58. The maximum atomic E-state index is 13.1. The first-order chi connectivity index (χ1) is 11.0. The van der Waals surface area contributed by atoms with E-state index in [4.69, 9.17) is 27.9 Å². The average molecular weight is 356 g/mol. The topological polar surface area (TPSA) is 21.3 Å². The predicted molar refractivity (Wildman–Crippen MR) is 93.8 cm³/mol. The third kappa shape index (κ3) is 5.38. The van der Waals surface area contributed by atoms with E-state index in [9.17, 15) is 4.39 Å². The lowest BCUT2D eigenvalue weighted by atomic mass is 10.1. The summed E-state index contributed by atoms with van der Waals surface area (Å²) in [6.45, 7) is 5.20. The summed E-state index contributed by atoms with van der Waals surface area (Å²) in [4.78, 5) is 0. The van der Waals surface area contributed by atoms with Crippen molar-refractivity contribution in [2.75, 3.05) is 0 Å². The SMILES string of the molecule is CCC(C)NCc1cc(Cl)ccc1OCc1ccc(F)cc1Cl. The first kappa shape index (κ1) is 18.1. The summed E-state index contributed by atoms with van der Waals surface area (Å²) in [6, 6.07) is 10.2. The highest BCUT2D eigenvalue weighted by Crippen LogP contribution is 2.25. The van der Waals surface area contributed by atoms with Crippen LogP contribution in [0.4, 0.5) is 4.39 Å². The second-order valence-corrected chi connectivity index (χ2v) is 6.31. The van der Waals surface area contributed by atoms with Gasteiger partial charge < -0.3 is 10.1 Å². The largest absolute Gasteiger partial charge is 0.489 e. The van der Waals surface area contributed by atoms with Crippen LogP contribution in [0.3, 0.4) is 0 Å². The fourth-order valence-corrected chi connectivity index (χ4v) is 2.47. The van der Waals surface area contributed by atoms with Crippen LogP contribution < -0.4 is 10.1 Å². The standard InChI is InChI=1S/C18H20Cl2FNO/c1-3-12(2)22-10-14-8-15(19)5-7-18(14)23-11-13-4-6-16(21)9-17(13)20/h4-9,12,22H,3,10-11H2,1-2H3. The summed E-state index contributed by atoms with van der Waals surface area (Å²) >= 11 is 12.1. The van der Waals surface area contributed by atoms with Gasteiger partial charge >= 0.3 is 0 Å². The molecule has 0 saturated heterocycles. The monoisotopic (exact) mass is 355 g/mol. The molecule has 1 atom stereocenters. The molecule has 0 heterocycles. The molecule has 0 saturated carbocycles. The van der Waals surface area contributed by atoms with Crippen LogP contribution in [0.5, 0.6) is 5.75 Å². The Bertz CT molecular complexity index is 663. The molecule has 1 unspecified atom stereocenters. The Kier molecular flexibility index (Phi) is 6.70. The molecule has 0 aliphatic heterocycles. The molecule has 0 radical (unpaired) electrons. The van der Waals surface area contributed by atoms with Gasteiger partial charge in [0.2, 0.25) is 0 Å². The van der Waals surface area contributed by atoms with E-state index < -0.39 is 0 Å². The second-order valence-electron chi connectivity index (χ2n) is 5.47. The van der Waals surface area contributed by atoms with Gasteiger partial charge in [-0.25, -0.2) is 4.39 Å². The van der Waals surface area contributed by atoms with E-state index in [2.05, 4.69) is 19.2 Å². The lowest BCUT2D eigenvalue weighted by molar-refractivity contribution is 0.301. The van der Waals surface area contributed by atoms with Gasteiger partial charge in [0.1, 0.15) is 18.2 Å². The van der Waals surface area contributed by atoms with Crippen molar-refractivity contribution in [3.63, 3.8) is 0 Å². The molecule has 2 aromatic carbocycles. The Morgan fingerprint density at radius 2 is 1.91 bits per heavy atom. The van der Waals surface area contributed by atoms with Crippen LogP contribution in [0.2, 0.25) is 10.0 Å². The molecular weight excluding hydrogens is 336 g/mol. The molecule has 0 spiro atoms. The normalized spacial score (nSPS) is 12.2. The van der Waals surface area contributed by atoms with Crippen LogP contribution in [0.15, 0.2) is 36.4 Å². The van der Waals surface area contributed by atoms with Gasteiger partial charge in [0.25, 0.3) is 0 Å². The summed E-state index contributed by atoms with van der Waals surface area (Å²) in [5.74, 6) is 0.384. The van der Waals surface area contributed by atoms with Crippen molar-refractivity contribution in [2.45, 2.75) is 39.5 Å². The molecule has 0 aromatic heterocycles. The van der Waals surface area contributed by atoms with Crippen LogP contribution in [-0.2, 0) is 13.2 Å². The quantitative estimate of drug-likeness (QED) is 0.697. The zero-order chi connectivity index (χ0) is 16.8. The highest BCUT2D eigenvalue weighted by atomic mass is 35.5. The lowest BCUT2D eigenvalue weighted by Crippen LogP contribution is -2.24. The zero-order valence-corrected chi connectivity index (χ0v) is 14.7. The minimum atomic E-state index is -0.358. The van der Waals surface area contributed by atoms with Gasteiger partial charge in [-0.05, 0) is 43.7 Å². The molecule has 23 heavy (non-hydrogen) atoms. The number of nitrogens with one attached hydrogen (secondary N) is 1. The number of hydrogen-bond acceptors (Lipinski definition) is 2. The average Bonchev–Trinajstić information content (AvgIpc) is 2.53. The molecule has 124 valence electrons. The fraction of sp³-hybridized carbons (Fsp3) is 0.333. The second kappa shape index (κ2) is 8.53. The van der Waals surface area contributed by atoms with Crippen LogP contribution >= 0.6 is 23.2 Å². The van der Waals surface area contributed by atoms with Gasteiger partial charge in [0.05, 0.1) is 5.02 Å². The molecule has 0 fully saturated rings. The van der Waals surface area contributed by atoms with Crippen molar-refractivity contribution >= 4 is 23.2 Å². The van der Waals surface area contributed by atoms with E-state index >= 15 is 0 Å². The van der Waals surface area contributed by atoms with Gasteiger partial charge in [-0.2, -0.15) is 0 Å². The summed E-state index contributed by atoms with van der Waals surface area (Å²) < 4.78 is 18.9. The highest BCUT2D eigenvalue weighted by molar-refractivity contribution is 6.31. The van der Waals surface area contributed by atoms with E-state index in [1.54, 1.807) is 12.1 Å². The van der Waals surface area contributed by atoms with E-state index in [0.717, 1.165) is 23.3 Å². The molecular formula is C18H20Cl2FNO. The smallest absolute Gasteiger partial charge is 0.124 e. The molecule has 5 heteroatoms. The molecule has 0 amide bonds. The first-order valence-corrected chi connectivity index (χ1v) is 8.33. The van der Waals surface area contributed by atoms with E-state index in [1.807, 2.05) is 12.1 Å².